The number of amides is 1. The molecular formula is C19H20FN3O5P. The standard InChI is InChI=1S/C19H18FN3O.HO4P.H/c1-21-10-11-2-4-12(5-3-11)18-14-6-7-22-19(24)15-8-13(20)9-16(23-18)17(14)15;1-4-5(2)3;/h2-5,8-9,21,23H,6-7,10H2,1H3,(H,22,24);1H;. The van der Waals surface area contributed by atoms with Crippen LogP contribution in [0.4, 0.5) is 4.39 Å². The molecule has 0 saturated carbocycles. The zero-order chi connectivity index (χ0) is 21.0. The fourth-order valence-corrected chi connectivity index (χ4v) is 3.43. The van der Waals surface area contributed by atoms with Gasteiger partial charge in [0.15, 0.2) is 0 Å². The second-order valence-electron chi connectivity index (χ2n) is 6.39. The molecule has 1 aromatic heterocycles. The molecule has 4 N–H and O–H groups in total. The second kappa shape index (κ2) is 9.11. The summed E-state index contributed by atoms with van der Waals surface area (Å²) in [5, 5.41) is 13.9. The first-order valence-electron chi connectivity index (χ1n) is 8.76. The maximum absolute atomic E-state index is 13.9. The first kappa shape index (κ1) is 20.9. The SMILES string of the molecule is CNCc1ccc(-c2[nH]c3cc(F)cc4c3c2CCNC4=O)cc1.O=P(=O)OO.[H]. The van der Waals surface area contributed by atoms with Crippen LogP contribution in [0.1, 0.15) is 22.9 Å². The van der Waals surface area contributed by atoms with Gasteiger partial charge >= 0.3 is 7.91 Å². The topological polar surface area (TPSA) is 121 Å². The Morgan fingerprint density at radius 1 is 1.28 bits per heavy atom. The number of carbonyl (C=O) groups is 1. The predicted octanol–water partition coefficient (Wildman–Crippen LogP) is 3.66. The molecule has 2 heterocycles. The second-order valence-corrected chi connectivity index (χ2v) is 7.00. The number of H-pyrrole nitrogens is 1. The van der Waals surface area contributed by atoms with Gasteiger partial charge in [-0.3, -0.25) is 4.79 Å². The van der Waals surface area contributed by atoms with Gasteiger partial charge in [-0.1, -0.05) is 24.3 Å². The van der Waals surface area contributed by atoms with E-state index in [9.17, 15) is 9.18 Å². The molecule has 0 atom stereocenters. The summed E-state index contributed by atoms with van der Waals surface area (Å²) in [7, 11) is -1.13. The number of hydrogen-bond donors (Lipinski definition) is 4. The Kier molecular flexibility index (Phi) is 6.56. The lowest BCUT2D eigenvalue weighted by Gasteiger charge is -2.06. The zero-order valence-electron chi connectivity index (χ0n) is 16.5. The van der Waals surface area contributed by atoms with E-state index in [2.05, 4.69) is 44.6 Å². The predicted molar refractivity (Wildman–Crippen MR) is 106 cm³/mol. The molecule has 10 heteroatoms. The highest BCUT2D eigenvalue weighted by Crippen LogP contribution is 2.34. The highest BCUT2D eigenvalue weighted by Gasteiger charge is 2.23. The minimum absolute atomic E-state index is 0. The Balaban J connectivity index is 0.000000482. The summed E-state index contributed by atoms with van der Waals surface area (Å²) in [5.41, 5.74) is 5.36. The van der Waals surface area contributed by atoms with Crippen molar-refractivity contribution < 1.29 is 29.7 Å². The van der Waals surface area contributed by atoms with E-state index in [1.165, 1.54) is 17.7 Å². The molecule has 153 valence electrons. The van der Waals surface area contributed by atoms with E-state index in [-0.39, 0.29) is 7.33 Å². The summed E-state index contributed by atoms with van der Waals surface area (Å²) >= 11 is 0. The van der Waals surface area contributed by atoms with Crippen molar-refractivity contribution in [3.63, 3.8) is 0 Å². The van der Waals surface area contributed by atoms with Crippen molar-refractivity contribution in [1.29, 1.82) is 0 Å². The van der Waals surface area contributed by atoms with Crippen LogP contribution in [0.25, 0.3) is 22.2 Å². The summed E-state index contributed by atoms with van der Waals surface area (Å²) in [5.74, 6) is -0.619. The maximum Gasteiger partial charge on any atom is 0.496 e. The number of halogens is 1. The van der Waals surface area contributed by atoms with Crippen LogP contribution >= 0.6 is 7.91 Å². The van der Waals surface area contributed by atoms with E-state index in [1.54, 1.807) is 0 Å². The molecule has 0 unspecified atom stereocenters. The number of aromatic nitrogens is 1. The van der Waals surface area contributed by atoms with Gasteiger partial charge < -0.3 is 15.6 Å². The molecular weight excluding hydrogens is 400 g/mol. The summed E-state index contributed by atoms with van der Waals surface area (Å²) in [4.78, 5) is 15.5. The fourth-order valence-electron chi connectivity index (χ4n) is 3.43. The van der Waals surface area contributed by atoms with Crippen molar-refractivity contribution in [2.45, 2.75) is 13.0 Å². The highest BCUT2D eigenvalue weighted by atomic mass is 31.1. The van der Waals surface area contributed by atoms with Crippen LogP contribution in [0.15, 0.2) is 36.4 Å². The van der Waals surface area contributed by atoms with Gasteiger partial charge in [0, 0.05) is 31.1 Å². The molecule has 3 aromatic rings. The summed E-state index contributed by atoms with van der Waals surface area (Å²) in [6, 6.07) is 11.0. The lowest BCUT2D eigenvalue weighted by Crippen LogP contribution is -2.23. The lowest BCUT2D eigenvalue weighted by molar-refractivity contribution is -0.132. The number of benzene rings is 2. The van der Waals surface area contributed by atoms with Crippen molar-refractivity contribution in [3.8, 4) is 11.3 Å². The normalized spacial score (nSPS) is 12.7. The van der Waals surface area contributed by atoms with Crippen molar-refractivity contribution in [2.24, 2.45) is 0 Å². The largest absolute Gasteiger partial charge is 0.496 e. The quantitative estimate of drug-likeness (QED) is 0.291. The van der Waals surface area contributed by atoms with Crippen molar-refractivity contribution in [3.05, 3.63) is 58.9 Å². The molecule has 0 saturated heterocycles. The Hall–Kier alpha value is -2.84. The Morgan fingerprint density at radius 3 is 2.59 bits per heavy atom. The van der Waals surface area contributed by atoms with E-state index in [1.807, 2.05) is 7.05 Å². The minimum Gasteiger partial charge on any atom is -0.354 e. The van der Waals surface area contributed by atoms with Crippen molar-refractivity contribution in [2.75, 3.05) is 13.6 Å². The Morgan fingerprint density at radius 2 is 1.97 bits per heavy atom. The summed E-state index contributed by atoms with van der Waals surface area (Å²) in [6.07, 6.45) is 0.720. The molecule has 1 aliphatic rings. The monoisotopic (exact) mass is 420 g/mol. The number of carbonyl (C=O) groups excluding carboxylic acids is 1. The van der Waals surface area contributed by atoms with Gasteiger partial charge in [-0.15, -0.1) is 4.67 Å². The van der Waals surface area contributed by atoms with Gasteiger partial charge in [-0.25, -0.2) is 18.8 Å². The van der Waals surface area contributed by atoms with E-state index < -0.39 is 13.7 Å². The van der Waals surface area contributed by atoms with Gasteiger partial charge in [0.25, 0.3) is 5.91 Å². The third-order valence-electron chi connectivity index (χ3n) is 4.56. The molecule has 2 aromatic carbocycles. The average Bonchev–Trinajstić information content (AvgIpc) is 2.97. The lowest BCUT2D eigenvalue weighted by atomic mass is 9.99. The van der Waals surface area contributed by atoms with Crippen molar-refractivity contribution in [1.82, 2.24) is 15.6 Å². The van der Waals surface area contributed by atoms with Crippen LogP contribution in [0.2, 0.25) is 0 Å². The number of hydrogen-bond acceptors (Lipinski definition) is 6. The smallest absolute Gasteiger partial charge is 0.354 e. The Bertz CT molecular complexity index is 1110. The molecule has 0 fully saturated rings. The molecule has 0 spiro atoms. The van der Waals surface area contributed by atoms with Crippen LogP contribution in [-0.4, -0.2) is 29.7 Å². The van der Waals surface area contributed by atoms with Gasteiger partial charge in [0.1, 0.15) is 5.82 Å². The van der Waals surface area contributed by atoms with Crippen LogP contribution < -0.4 is 10.6 Å². The molecule has 29 heavy (non-hydrogen) atoms. The maximum atomic E-state index is 13.9. The fraction of sp³-hybridized carbons (Fsp3) is 0.211. The highest BCUT2D eigenvalue weighted by molar-refractivity contribution is 7.24. The van der Waals surface area contributed by atoms with E-state index in [0.717, 1.165) is 35.2 Å². The molecule has 1 radical (unpaired) electrons. The first-order chi connectivity index (χ1) is 13.9. The molecule has 4 rings (SSSR count). The van der Waals surface area contributed by atoms with E-state index in [0.29, 0.717) is 17.6 Å². The van der Waals surface area contributed by atoms with Gasteiger partial charge in [0.2, 0.25) is 0 Å². The summed E-state index contributed by atoms with van der Waals surface area (Å²) in [6.45, 7) is 1.36. The minimum atomic E-state index is -3.04. The zero-order valence-corrected chi connectivity index (χ0v) is 16.4. The summed E-state index contributed by atoms with van der Waals surface area (Å²) < 4.78 is 34.5. The van der Waals surface area contributed by atoms with Crippen LogP contribution in [-0.2, 0) is 26.8 Å². The molecule has 8 nitrogen and oxygen atoms in total. The number of nitrogens with one attached hydrogen (secondary N) is 3. The molecule has 0 aliphatic carbocycles. The van der Waals surface area contributed by atoms with E-state index >= 15 is 0 Å². The molecule has 1 amide bonds. The molecule has 0 bridgehead atoms. The first-order valence-corrected chi connectivity index (χ1v) is 9.86. The Labute approximate surface area is 167 Å². The number of aromatic amines is 1. The van der Waals surface area contributed by atoms with Gasteiger partial charge in [0.05, 0.1) is 5.56 Å². The molecule has 1 aliphatic heterocycles. The van der Waals surface area contributed by atoms with Crippen LogP contribution in [0.3, 0.4) is 0 Å². The van der Waals surface area contributed by atoms with Crippen molar-refractivity contribution >= 4 is 24.7 Å². The van der Waals surface area contributed by atoms with Gasteiger partial charge in [-0.05, 0) is 42.3 Å². The van der Waals surface area contributed by atoms with Gasteiger partial charge in [-0.2, -0.15) is 0 Å². The van der Waals surface area contributed by atoms with Crippen LogP contribution in [0.5, 0.6) is 0 Å². The average molecular weight is 420 g/mol. The van der Waals surface area contributed by atoms with Crippen LogP contribution in [0, 0.1) is 5.82 Å². The van der Waals surface area contributed by atoms with E-state index in [4.69, 9.17) is 14.4 Å². The number of rotatable bonds is 4. The third-order valence-corrected chi connectivity index (χ3v) is 4.70. The third kappa shape index (κ3) is 4.60.